The van der Waals surface area contributed by atoms with Gasteiger partial charge in [0.05, 0.1) is 5.56 Å². The number of nitrogens with two attached hydrogens (primary N) is 1. The van der Waals surface area contributed by atoms with Gasteiger partial charge in [0.25, 0.3) is 0 Å². The SMILES string of the molecule is Cc1nc(CC(C)C)c(CNC(=O)OC(C)(C)C)c(-c2ccc(CN)cc2)c1CCCc1ccccc1C(=O)O. The van der Waals surface area contributed by atoms with E-state index in [-0.39, 0.29) is 6.54 Å². The van der Waals surface area contributed by atoms with Crippen LogP contribution in [-0.2, 0) is 37.1 Å². The molecule has 0 atom stereocenters. The predicted octanol–water partition coefficient (Wildman–Crippen LogP) is 6.61. The molecule has 0 aliphatic carbocycles. The zero-order valence-electron chi connectivity index (χ0n) is 24.6. The zero-order valence-corrected chi connectivity index (χ0v) is 24.6. The van der Waals surface area contributed by atoms with Crippen LogP contribution in [0.5, 0.6) is 0 Å². The summed E-state index contributed by atoms with van der Waals surface area (Å²) in [5, 5.41) is 12.6. The summed E-state index contributed by atoms with van der Waals surface area (Å²) in [7, 11) is 0. The number of carboxylic acid groups (broad SMARTS) is 1. The molecule has 0 bridgehead atoms. The number of hydrogen-bond donors (Lipinski definition) is 3. The lowest BCUT2D eigenvalue weighted by Gasteiger charge is -2.24. The Kier molecular flexibility index (Phi) is 10.5. The van der Waals surface area contributed by atoms with Crippen molar-refractivity contribution in [2.45, 2.75) is 85.9 Å². The Bertz CT molecular complexity index is 1320. The van der Waals surface area contributed by atoms with Gasteiger partial charge in [0.1, 0.15) is 5.60 Å². The van der Waals surface area contributed by atoms with Crippen LogP contribution in [-0.4, -0.2) is 27.8 Å². The zero-order chi connectivity index (χ0) is 29.4. The van der Waals surface area contributed by atoms with E-state index in [0.29, 0.717) is 30.9 Å². The summed E-state index contributed by atoms with van der Waals surface area (Å²) in [6.07, 6.45) is 2.39. The first-order valence-corrected chi connectivity index (χ1v) is 14.0. The average Bonchev–Trinajstić information content (AvgIpc) is 2.88. The highest BCUT2D eigenvalue weighted by atomic mass is 16.6. The van der Waals surface area contributed by atoms with E-state index in [0.717, 1.165) is 57.6 Å². The molecule has 0 spiro atoms. The van der Waals surface area contributed by atoms with E-state index in [4.69, 9.17) is 15.5 Å². The Hall–Kier alpha value is -3.71. The van der Waals surface area contributed by atoms with Gasteiger partial charge >= 0.3 is 12.1 Å². The number of alkyl carbamates (subject to hydrolysis) is 1. The number of amides is 1. The molecule has 1 amide bonds. The van der Waals surface area contributed by atoms with E-state index >= 15 is 0 Å². The van der Waals surface area contributed by atoms with Crippen LogP contribution in [0.15, 0.2) is 48.5 Å². The fourth-order valence-electron chi connectivity index (χ4n) is 4.93. The molecule has 214 valence electrons. The minimum atomic E-state index is -0.914. The summed E-state index contributed by atoms with van der Waals surface area (Å²) in [5.74, 6) is -0.541. The van der Waals surface area contributed by atoms with Gasteiger partial charge in [0, 0.05) is 30.0 Å². The van der Waals surface area contributed by atoms with Crippen molar-refractivity contribution in [3.05, 3.63) is 87.7 Å². The van der Waals surface area contributed by atoms with Crippen molar-refractivity contribution in [2.24, 2.45) is 11.7 Å². The Morgan fingerprint density at radius 3 is 2.30 bits per heavy atom. The molecule has 0 fully saturated rings. The molecule has 0 unspecified atom stereocenters. The molecule has 4 N–H and O–H groups in total. The summed E-state index contributed by atoms with van der Waals surface area (Å²) in [4.78, 5) is 29.4. The summed E-state index contributed by atoms with van der Waals surface area (Å²) in [6.45, 7) is 12.6. The normalized spacial score (nSPS) is 11.5. The van der Waals surface area contributed by atoms with Gasteiger partial charge in [-0.25, -0.2) is 9.59 Å². The van der Waals surface area contributed by atoms with E-state index in [2.05, 4.69) is 31.3 Å². The van der Waals surface area contributed by atoms with Crippen LogP contribution < -0.4 is 11.1 Å². The lowest BCUT2D eigenvalue weighted by atomic mass is 9.87. The van der Waals surface area contributed by atoms with Crippen molar-refractivity contribution in [3.8, 4) is 11.1 Å². The van der Waals surface area contributed by atoms with Crippen molar-refractivity contribution < 1.29 is 19.4 Å². The van der Waals surface area contributed by atoms with Crippen molar-refractivity contribution in [1.29, 1.82) is 0 Å². The molecule has 0 aliphatic heterocycles. The third kappa shape index (κ3) is 8.39. The molecule has 2 aromatic carbocycles. The number of carbonyl (C=O) groups excluding carboxylic acids is 1. The maximum absolute atomic E-state index is 12.6. The number of carbonyl (C=O) groups is 2. The predicted molar refractivity (Wildman–Crippen MR) is 159 cm³/mol. The number of carboxylic acids is 1. The van der Waals surface area contributed by atoms with E-state index < -0.39 is 17.7 Å². The number of ether oxygens (including phenoxy) is 1. The van der Waals surface area contributed by atoms with Gasteiger partial charge in [-0.3, -0.25) is 4.98 Å². The number of rotatable bonds is 11. The van der Waals surface area contributed by atoms with Crippen LogP contribution in [0.25, 0.3) is 11.1 Å². The Labute approximate surface area is 238 Å². The maximum atomic E-state index is 12.6. The van der Waals surface area contributed by atoms with Crippen LogP contribution in [0.3, 0.4) is 0 Å². The number of aromatic nitrogens is 1. The molecule has 40 heavy (non-hydrogen) atoms. The maximum Gasteiger partial charge on any atom is 0.407 e. The van der Waals surface area contributed by atoms with E-state index in [1.807, 2.05) is 52.0 Å². The quantitative estimate of drug-likeness (QED) is 0.250. The molecule has 0 aliphatic rings. The first kappa shape index (κ1) is 30.8. The van der Waals surface area contributed by atoms with Crippen LogP contribution in [0.1, 0.15) is 85.0 Å². The van der Waals surface area contributed by atoms with Gasteiger partial charge in [0.15, 0.2) is 0 Å². The molecule has 1 heterocycles. The highest BCUT2D eigenvalue weighted by Gasteiger charge is 2.22. The number of hydrogen-bond acceptors (Lipinski definition) is 5. The molecular formula is C33H43N3O4. The molecule has 7 nitrogen and oxygen atoms in total. The standard InChI is InChI=1S/C33H43N3O4/c1-21(2)18-29-28(20-35-32(39)40-33(4,5)6)30(25-16-14-23(19-34)15-17-25)26(22(3)36-29)13-9-11-24-10-7-8-12-27(24)31(37)38/h7-8,10,12,14-17,21H,9,11,13,18-20,34H2,1-6H3,(H,35,39)(H,37,38). The van der Waals surface area contributed by atoms with Gasteiger partial charge in [-0.15, -0.1) is 0 Å². The third-order valence-corrected chi connectivity index (χ3v) is 6.70. The average molecular weight is 546 g/mol. The number of aryl methyl sites for hydroxylation is 2. The first-order valence-electron chi connectivity index (χ1n) is 14.0. The largest absolute Gasteiger partial charge is 0.478 e. The van der Waals surface area contributed by atoms with Crippen molar-refractivity contribution in [2.75, 3.05) is 0 Å². The van der Waals surface area contributed by atoms with Gasteiger partial charge in [-0.1, -0.05) is 56.3 Å². The number of nitrogens with zero attached hydrogens (tertiary/aromatic N) is 1. The van der Waals surface area contributed by atoms with Crippen molar-refractivity contribution in [3.63, 3.8) is 0 Å². The van der Waals surface area contributed by atoms with Crippen LogP contribution >= 0.6 is 0 Å². The second-order valence-corrected chi connectivity index (χ2v) is 11.6. The van der Waals surface area contributed by atoms with Crippen LogP contribution in [0.4, 0.5) is 4.79 Å². The monoisotopic (exact) mass is 545 g/mol. The van der Waals surface area contributed by atoms with E-state index in [1.54, 1.807) is 12.1 Å². The molecule has 3 rings (SSSR count). The number of nitrogens with one attached hydrogen (secondary N) is 1. The lowest BCUT2D eigenvalue weighted by molar-refractivity contribution is 0.0523. The van der Waals surface area contributed by atoms with E-state index in [1.165, 1.54) is 0 Å². The second-order valence-electron chi connectivity index (χ2n) is 11.6. The fraction of sp³-hybridized carbons (Fsp3) is 0.424. The summed E-state index contributed by atoms with van der Waals surface area (Å²) < 4.78 is 5.52. The number of aromatic carboxylic acids is 1. The van der Waals surface area contributed by atoms with Crippen LogP contribution in [0.2, 0.25) is 0 Å². The molecule has 3 aromatic rings. The Balaban J connectivity index is 2.07. The molecule has 0 radical (unpaired) electrons. The summed E-state index contributed by atoms with van der Waals surface area (Å²) in [5.41, 5.74) is 13.5. The highest BCUT2D eigenvalue weighted by Crippen LogP contribution is 2.34. The van der Waals surface area contributed by atoms with E-state index in [9.17, 15) is 14.7 Å². The summed E-state index contributed by atoms with van der Waals surface area (Å²) >= 11 is 0. The van der Waals surface area contributed by atoms with Gasteiger partial charge < -0.3 is 20.9 Å². The molecule has 0 saturated carbocycles. The summed E-state index contributed by atoms with van der Waals surface area (Å²) in [6, 6.07) is 15.4. The number of benzene rings is 2. The first-order chi connectivity index (χ1) is 18.9. The van der Waals surface area contributed by atoms with Crippen LogP contribution in [0, 0.1) is 12.8 Å². The number of pyridine rings is 1. The third-order valence-electron chi connectivity index (χ3n) is 6.70. The minimum absolute atomic E-state index is 0.285. The lowest BCUT2D eigenvalue weighted by Crippen LogP contribution is -2.32. The molecule has 1 aromatic heterocycles. The van der Waals surface area contributed by atoms with Gasteiger partial charge in [-0.2, -0.15) is 0 Å². The Morgan fingerprint density at radius 2 is 1.70 bits per heavy atom. The smallest absolute Gasteiger partial charge is 0.407 e. The van der Waals surface area contributed by atoms with Crippen molar-refractivity contribution in [1.82, 2.24) is 10.3 Å². The van der Waals surface area contributed by atoms with Gasteiger partial charge in [0.2, 0.25) is 0 Å². The molecular weight excluding hydrogens is 502 g/mol. The fourth-order valence-corrected chi connectivity index (χ4v) is 4.93. The van der Waals surface area contributed by atoms with Crippen molar-refractivity contribution >= 4 is 12.1 Å². The molecule has 0 saturated heterocycles. The second kappa shape index (κ2) is 13.6. The highest BCUT2D eigenvalue weighted by molar-refractivity contribution is 5.89. The molecule has 7 heteroatoms. The topological polar surface area (TPSA) is 115 Å². The minimum Gasteiger partial charge on any atom is -0.478 e. The Morgan fingerprint density at radius 1 is 1.02 bits per heavy atom. The van der Waals surface area contributed by atoms with Gasteiger partial charge in [-0.05, 0) is 93.2 Å².